The molecule has 4 heteroatoms. The minimum Gasteiger partial charge on any atom is -0.550 e. The second-order valence-corrected chi connectivity index (χ2v) is 4.62. The highest BCUT2D eigenvalue weighted by Crippen LogP contribution is 2.29. The lowest BCUT2D eigenvalue weighted by Gasteiger charge is -2.06. The maximum absolute atomic E-state index is 10.8. The molecule has 0 bridgehead atoms. The van der Waals surface area contributed by atoms with Gasteiger partial charge in [-0.1, -0.05) is 24.3 Å². The van der Waals surface area contributed by atoms with Crippen LogP contribution in [0.5, 0.6) is 5.75 Å². The van der Waals surface area contributed by atoms with Crippen LogP contribution in [0.15, 0.2) is 42.5 Å². The number of aromatic amines is 1. The number of ether oxygens (including phenoxy) is 1. The number of pyridine rings is 1. The molecule has 20 heavy (non-hydrogen) atoms. The number of H-pyrrole nitrogens is 1. The lowest BCUT2D eigenvalue weighted by atomic mass is 10.0. The van der Waals surface area contributed by atoms with Gasteiger partial charge in [0.1, 0.15) is 5.75 Å². The number of carbonyl (C=O) groups is 1. The summed E-state index contributed by atoms with van der Waals surface area (Å²) in [7, 11) is 1.58. The Hall–Kier alpha value is -2.62. The summed E-state index contributed by atoms with van der Waals surface area (Å²) >= 11 is 0. The largest absolute Gasteiger partial charge is 0.550 e. The third-order valence-corrected chi connectivity index (χ3v) is 3.34. The van der Waals surface area contributed by atoms with E-state index in [0.717, 1.165) is 21.7 Å². The van der Waals surface area contributed by atoms with Crippen LogP contribution in [0, 0.1) is 0 Å². The Kier molecular flexibility index (Phi) is 2.99. The lowest BCUT2D eigenvalue weighted by Crippen LogP contribution is -2.28. The van der Waals surface area contributed by atoms with Gasteiger partial charge in [-0.15, -0.1) is 0 Å². The van der Waals surface area contributed by atoms with Crippen LogP contribution >= 0.6 is 0 Å². The number of rotatable bonds is 3. The first-order valence-electron chi connectivity index (χ1n) is 6.29. The Bertz CT molecular complexity index is 811. The summed E-state index contributed by atoms with van der Waals surface area (Å²) in [6, 6.07) is 13.6. The van der Waals surface area contributed by atoms with E-state index in [4.69, 9.17) is 4.74 Å². The molecule has 0 saturated carbocycles. The van der Waals surface area contributed by atoms with Crippen molar-refractivity contribution in [3.63, 3.8) is 0 Å². The first-order valence-corrected chi connectivity index (χ1v) is 6.29. The van der Waals surface area contributed by atoms with Crippen LogP contribution in [0.1, 0.15) is 5.69 Å². The van der Waals surface area contributed by atoms with Crippen LogP contribution in [-0.2, 0) is 11.2 Å². The normalized spacial score (nSPS) is 10.8. The number of hydrogen-bond acceptors (Lipinski definition) is 3. The third kappa shape index (κ3) is 2.05. The van der Waals surface area contributed by atoms with Crippen molar-refractivity contribution in [2.45, 2.75) is 6.42 Å². The highest BCUT2D eigenvalue weighted by atomic mass is 16.5. The summed E-state index contributed by atoms with van der Waals surface area (Å²) in [5, 5.41) is 13.8. The molecule has 0 aliphatic heterocycles. The van der Waals surface area contributed by atoms with Gasteiger partial charge in [-0.05, 0) is 17.5 Å². The maximum atomic E-state index is 10.8. The summed E-state index contributed by atoms with van der Waals surface area (Å²) in [5.74, 6) is -0.469. The molecule has 0 radical (unpaired) electrons. The zero-order valence-electron chi connectivity index (χ0n) is 11.0. The molecule has 3 rings (SSSR count). The molecular formula is C16H13NO3. The molecule has 0 aliphatic carbocycles. The molecule has 0 amide bonds. The van der Waals surface area contributed by atoms with Gasteiger partial charge in [0.15, 0.2) is 5.69 Å². The summed E-state index contributed by atoms with van der Waals surface area (Å²) < 4.78 is 5.37. The van der Waals surface area contributed by atoms with Gasteiger partial charge in [0.25, 0.3) is 0 Å². The SMILES string of the molecule is COc1cc(CC(=O)[O-])[nH+]c2c1ccc1ccccc12. The average Bonchev–Trinajstić information content (AvgIpc) is 2.45. The topological polar surface area (TPSA) is 63.5 Å². The number of benzene rings is 2. The Balaban J connectivity index is 2.36. The van der Waals surface area contributed by atoms with Gasteiger partial charge < -0.3 is 14.6 Å². The molecule has 100 valence electrons. The maximum Gasteiger partial charge on any atom is 0.222 e. The fourth-order valence-electron chi connectivity index (χ4n) is 2.46. The molecule has 2 aromatic carbocycles. The number of carbonyl (C=O) groups excluding carboxylic acids is 1. The molecule has 0 fully saturated rings. The van der Waals surface area contributed by atoms with Crippen LogP contribution in [0.25, 0.3) is 21.7 Å². The molecule has 1 aromatic heterocycles. The molecule has 0 atom stereocenters. The summed E-state index contributed by atoms with van der Waals surface area (Å²) in [6.45, 7) is 0. The Morgan fingerprint density at radius 2 is 2.00 bits per heavy atom. The van der Waals surface area contributed by atoms with E-state index in [0.29, 0.717) is 11.4 Å². The molecule has 1 N–H and O–H groups in total. The fourth-order valence-corrected chi connectivity index (χ4v) is 2.46. The summed E-state index contributed by atoms with van der Waals surface area (Å²) in [5.41, 5.74) is 1.43. The minimum absolute atomic E-state index is 0.171. The number of carboxylic acids is 1. The first-order chi connectivity index (χ1) is 9.69. The Morgan fingerprint density at radius 3 is 2.75 bits per heavy atom. The van der Waals surface area contributed by atoms with E-state index in [1.54, 1.807) is 13.2 Å². The molecular weight excluding hydrogens is 254 g/mol. The molecule has 4 nitrogen and oxygen atoms in total. The van der Waals surface area contributed by atoms with Gasteiger partial charge in [-0.25, -0.2) is 4.98 Å². The van der Waals surface area contributed by atoms with Crippen molar-refractivity contribution >= 4 is 27.6 Å². The highest BCUT2D eigenvalue weighted by Gasteiger charge is 2.15. The fraction of sp³-hybridized carbons (Fsp3) is 0.125. The van der Waals surface area contributed by atoms with E-state index in [9.17, 15) is 9.90 Å². The van der Waals surface area contributed by atoms with Gasteiger partial charge in [0.2, 0.25) is 5.52 Å². The van der Waals surface area contributed by atoms with E-state index in [2.05, 4.69) is 4.98 Å². The molecule has 0 unspecified atom stereocenters. The van der Waals surface area contributed by atoms with Gasteiger partial charge in [-0.3, -0.25) is 0 Å². The molecule has 0 spiro atoms. The Morgan fingerprint density at radius 1 is 1.20 bits per heavy atom. The van der Waals surface area contributed by atoms with Gasteiger partial charge >= 0.3 is 0 Å². The minimum atomic E-state index is -1.12. The van der Waals surface area contributed by atoms with Crippen LogP contribution < -0.4 is 14.8 Å². The first kappa shape index (κ1) is 12.4. The average molecular weight is 267 g/mol. The zero-order chi connectivity index (χ0) is 14.1. The number of carboxylic acid groups (broad SMARTS) is 1. The summed E-state index contributed by atoms with van der Waals surface area (Å²) in [4.78, 5) is 14.0. The van der Waals surface area contributed by atoms with Crippen LogP contribution in [0.3, 0.4) is 0 Å². The molecule has 3 aromatic rings. The molecule has 1 heterocycles. The van der Waals surface area contributed by atoms with Gasteiger partial charge in [-0.2, -0.15) is 0 Å². The van der Waals surface area contributed by atoms with Crippen molar-refractivity contribution in [3.8, 4) is 5.75 Å². The van der Waals surface area contributed by atoms with Crippen LogP contribution in [-0.4, -0.2) is 13.1 Å². The number of nitrogens with one attached hydrogen (secondary N) is 1. The lowest BCUT2D eigenvalue weighted by molar-refractivity contribution is -0.361. The number of methoxy groups -OCH3 is 1. The number of aromatic nitrogens is 1. The third-order valence-electron chi connectivity index (χ3n) is 3.34. The van der Waals surface area contributed by atoms with E-state index >= 15 is 0 Å². The van der Waals surface area contributed by atoms with Crippen molar-refractivity contribution in [1.82, 2.24) is 0 Å². The predicted octanol–water partition coefficient (Wildman–Crippen LogP) is 1.11. The quantitative estimate of drug-likeness (QED) is 0.668. The second kappa shape index (κ2) is 4.81. The molecule has 0 aliphatic rings. The van der Waals surface area contributed by atoms with E-state index < -0.39 is 5.97 Å². The highest BCUT2D eigenvalue weighted by molar-refractivity contribution is 6.05. The summed E-state index contributed by atoms with van der Waals surface area (Å²) in [6.07, 6.45) is -0.171. The smallest absolute Gasteiger partial charge is 0.222 e. The predicted molar refractivity (Wildman–Crippen MR) is 73.3 cm³/mol. The van der Waals surface area contributed by atoms with Crippen molar-refractivity contribution in [1.29, 1.82) is 0 Å². The van der Waals surface area contributed by atoms with E-state index in [1.807, 2.05) is 36.4 Å². The van der Waals surface area contributed by atoms with Crippen molar-refractivity contribution in [2.75, 3.05) is 7.11 Å². The standard InChI is InChI=1S/C16H13NO3/c1-20-14-8-11(9-15(18)19)17-16-12-5-3-2-4-10(12)6-7-13(14)16/h2-8H,9H2,1H3,(H,18,19). The van der Waals surface area contributed by atoms with E-state index in [1.165, 1.54) is 0 Å². The monoisotopic (exact) mass is 267 g/mol. The number of hydrogen-bond donors (Lipinski definition) is 0. The zero-order valence-corrected chi connectivity index (χ0v) is 11.0. The van der Waals surface area contributed by atoms with Gasteiger partial charge in [0, 0.05) is 6.07 Å². The van der Waals surface area contributed by atoms with Crippen molar-refractivity contribution in [2.24, 2.45) is 0 Å². The van der Waals surface area contributed by atoms with Gasteiger partial charge in [0.05, 0.1) is 30.3 Å². The van der Waals surface area contributed by atoms with Crippen molar-refractivity contribution in [3.05, 3.63) is 48.2 Å². The second-order valence-electron chi connectivity index (χ2n) is 4.62. The van der Waals surface area contributed by atoms with E-state index in [-0.39, 0.29) is 6.42 Å². The molecule has 0 saturated heterocycles. The Labute approximate surface area is 115 Å². The van der Waals surface area contributed by atoms with Crippen LogP contribution in [0.2, 0.25) is 0 Å². The number of fused-ring (bicyclic) bond motifs is 3. The van der Waals surface area contributed by atoms with Crippen LogP contribution in [0.4, 0.5) is 0 Å². The number of aliphatic carboxylic acids is 1. The van der Waals surface area contributed by atoms with Crippen molar-refractivity contribution < 1.29 is 19.6 Å².